The molecule has 0 spiro atoms. The maximum atomic E-state index is 11.1. The lowest BCUT2D eigenvalue weighted by atomic mass is 10.1. The molecule has 0 aromatic carbocycles. The van der Waals surface area contributed by atoms with Crippen molar-refractivity contribution in [1.82, 2.24) is 0 Å². The summed E-state index contributed by atoms with van der Waals surface area (Å²) in [6.07, 6.45) is 0.586. The van der Waals surface area contributed by atoms with Crippen molar-refractivity contribution in [3.8, 4) is 34.5 Å². The summed E-state index contributed by atoms with van der Waals surface area (Å²) >= 11 is 8.00. The normalized spacial score (nSPS) is 20.0. The van der Waals surface area contributed by atoms with Crippen LogP contribution in [-0.4, -0.2) is 329 Å². The number of ether oxygens (including phenoxy) is 28. The van der Waals surface area contributed by atoms with Gasteiger partial charge in [-0.15, -0.1) is 57.5 Å². The second kappa shape index (κ2) is 55.5. The smallest absolute Gasteiger partial charge is 0.181 e. The highest BCUT2D eigenvalue weighted by Crippen LogP contribution is 2.61. The predicted octanol–water partition coefficient (Wildman–Crippen LogP) is 8.69. The molecule has 9 atom stereocenters. The Balaban J connectivity index is 0.950. The zero-order valence-electron chi connectivity index (χ0n) is 69.5. The van der Waals surface area contributed by atoms with E-state index in [1.165, 1.54) is 0 Å². The summed E-state index contributed by atoms with van der Waals surface area (Å²) in [5.41, 5.74) is 0. The van der Waals surface area contributed by atoms with Gasteiger partial charge in [-0.05, 0) is 45.4 Å². The zero-order chi connectivity index (χ0) is 81.9. The number of rotatable bonds is 64. The molecule has 7 aliphatic rings. The largest absolute Gasteiger partial charge is 0.489 e. The van der Waals surface area contributed by atoms with E-state index in [1.807, 2.05) is 13.8 Å². The topological polar surface area (TPSA) is 299 Å². The van der Waals surface area contributed by atoms with E-state index in [4.69, 9.17) is 133 Å². The molecule has 117 heavy (non-hydrogen) atoms. The lowest BCUT2D eigenvalue weighted by Crippen LogP contribution is -2.37. The first-order chi connectivity index (χ1) is 57.6. The van der Waals surface area contributed by atoms with Crippen LogP contribution in [0.4, 0.5) is 0 Å². The molecule has 2 N–H and O–H groups in total. The van der Waals surface area contributed by atoms with Gasteiger partial charge in [-0.3, -0.25) is 0 Å². The third-order valence-electron chi connectivity index (χ3n) is 18.1. The first kappa shape index (κ1) is 95.5. The van der Waals surface area contributed by atoms with Gasteiger partial charge >= 0.3 is 0 Å². The van der Waals surface area contributed by atoms with Gasteiger partial charge in [-0.1, -0.05) is 41.5 Å². The van der Waals surface area contributed by atoms with E-state index in [9.17, 15) is 10.2 Å². The summed E-state index contributed by atoms with van der Waals surface area (Å²) in [6, 6.07) is 0. The fourth-order valence-electron chi connectivity index (χ4n) is 12.6. The Morgan fingerprint density at radius 3 is 1.03 bits per heavy atom. The maximum Gasteiger partial charge on any atom is 0.181 e. The Hall–Kier alpha value is -3.78. The zero-order valence-corrected chi connectivity index (χ0v) is 73.6. The van der Waals surface area contributed by atoms with Crippen LogP contribution in [0.15, 0.2) is 23.0 Å². The summed E-state index contributed by atoms with van der Waals surface area (Å²) in [4.78, 5) is 3.52. The van der Waals surface area contributed by atoms with Gasteiger partial charge in [0, 0.05) is 46.1 Å². The van der Waals surface area contributed by atoms with Crippen LogP contribution in [0.1, 0.15) is 102 Å². The van der Waals surface area contributed by atoms with Gasteiger partial charge in [0.05, 0.1) is 214 Å². The Labute approximate surface area is 709 Å². The first-order valence-electron chi connectivity index (χ1n) is 41.9. The molecule has 0 fully saturated rings. The summed E-state index contributed by atoms with van der Waals surface area (Å²) in [5, 5.41) is 21.7. The molecule has 10 heterocycles. The van der Waals surface area contributed by atoms with Crippen molar-refractivity contribution < 1.29 is 143 Å². The van der Waals surface area contributed by atoms with Crippen molar-refractivity contribution >= 4 is 67.3 Å². The average Bonchev–Trinajstić information content (AvgIpc) is 1.57. The Morgan fingerprint density at radius 1 is 0.291 bits per heavy atom. The van der Waals surface area contributed by atoms with Gasteiger partial charge in [0.2, 0.25) is 0 Å². The molecule has 0 saturated heterocycles. The van der Waals surface area contributed by atoms with Gasteiger partial charge in [0.1, 0.15) is 108 Å². The SMILES string of the molecule is CCCOCCOCC(O)COC(COCCOCCC)COC(COCCOCCC)COCC(Cc1sc(C2S/C(=c3/s/c(=c4/s/c(=C5/SC(C)C6=C5OCCO6)c5c4OCCO5)c4c3OCCO4)C3=C2OCCO3)c2c1OCCO2)OCC(COCCOCCC)OCC(COCCOCCC)OCC(O)COCCOCCC. The third kappa shape index (κ3) is 30.8. The summed E-state index contributed by atoms with van der Waals surface area (Å²) in [6.45, 7) is 27.2. The number of aliphatic hydroxyl groups excluding tert-OH is 2. The standard InChI is InChI=1S/C82H128O30S5/c1-8-14-85-20-26-91-43-57(83)45-108-61(49-94-29-23-88-17-11-4)54-111-60(48-93-28-22-87-16-10-3)52-97-47-59(110-53-63(51-96-31-25-90-19-13-6)112-55-62(50-95-30-24-89-18-12-5)109-46-58(84)44-92-27-21-86-15-9-2)42-64-66-68(101-35-33-99-66)76(114-64)78-70-72(105-39-37-103-70)80(116-78)82-74-73(106-40-41-107-74)81(117-82)79-71-69(102-36-38-104-71)77(115-79)75-67-65(56(7)113-75)98-32-34-100-67/h56-63,78,83-84H,8-55H2,1-7H3/b77-75+,81-79+,82-80+. The summed E-state index contributed by atoms with van der Waals surface area (Å²) in [5.74, 6) is 6.63. The van der Waals surface area contributed by atoms with Crippen molar-refractivity contribution in [3.63, 3.8) is 0 Å². The fraction of sp³-hybridized carbons (Fsp3) is 0.780. The molecule has 0 aliphatic carbocycles. The van der Waals surface area contributed by atoms with Gasteiger partial charge in [-0.25, -0.2) is 0 Å². The van der Waals surface area contributed by atoms with E-state index in [0.717, 1.165) is 87.7 Å². The number of hydrogen-bond acceptors (Lipinski definition) is 35. The van der Waals surface area contributed by atoms with Crippen LogP contribution in [0.5, 0.6) is 34.5 Å². The molecular formula is C82H128O30S5. The Bertz CT molecular complexity index is 3580. The van der Waals surface area contributed by atoms with Crippen LogP contribution in [0.25, 0.3) is 9.81 Å². The number of hydrogen-bond donors (Lipinski definition) is 2. The monoisotopic (exact) mass is 1750 g/mol. The molecule has 30 nitrogen and oxygen atoms in total. The highest BCUT2D eigenvalue weighted by atomic mass is 32.2. The highest BCUT2D eigenvalue weighted by molar-refractivity contribution is 8.09. The second-order valence-electron chi connectivity index (χ2n) is 28.1. The van der Waals surface area contributed by atoms with Crippen molar-refractivity contribution in [3.05, 3.63) is 50.9 Å². The van der Waals surface area contributed by atoms with Crippen LogP contribution in [0.3, 0.4) is 0 Å². The van der Waals surface area contributed by atoms with Crippen LogP contribution in [-0.2, 0) is 111 Å². The van der Waals surface area contributed by atoms with Gasteiger partial charge in [0.15, 0.2) is 57.5 Å². The van der Waals surface area contributed by atoms with E-state index in [0.29, 0.717) is 237 Å². The van der Waals surface area contributed by atoms with Gasteiger partial charge in [0.25, 0.3) is 0 Å². The number of aliphatic hydroxyl groups is 2. The Kier molecular flexibility index (Phi) is 45.2. The van der Waals surface area contributed by atoms with Crippen molar-refractivity contribution in [1.29, 1.82) is 0 Å². The number of thiophene rings is 3. The Morgan fingerprint density at radius 2 is 0.598 bits per heavy atom. The molecule has 9 unspecified atom stereocenters. The van der Waals surface area contributed by atoms with Crippen molar-refractivity contribution in [2.75, 3.05) is 271 Å². The summed E-state index contributed by atoms with van der Waals surface area (Å²) in [7, 11) is 0. The van der Waals surface area contributed by atoms with Crippen molar-refractivity contribution in [2.24, 2.45) is 0 Å². The molecule has 7 aliphatic heterocycles. The molecule has 666 valence electrons. The molecule has 0 bridgehead atoms. The van der Waals surface area contributed by atoms with E-state index in [-0.39, 0.29) is 91.1 Å². The molecule has 0 saturated carbocycles. The van der Waals surface area contributed by atoms with Crippen molar-refractivity contribution in [2.45, 2.75) is 147 Å². The van der Waals surface area contributed by atoms with Gasteiger partial charge < -0.3 is 143 Å². The average molecular weight is 1750 g/mol. The van der Waals surface area contributed by atoms with E-state index >= 15 is 0 Å². The van der Waals surface area contributed by atoms with Crippen LogP contribution in [0, 0.1) is 9.06 Å². The molecule has 35 heteroatoms. The van der Waals surface area contributed by atoms with Crippen LogP contribution in [0.2, 0.25) is 0 Å². The lowest BCUT2D eigenvalue weighted by molar-refractivity contribution is -0.142. The highest BCUT2D eigenvalue weighted by Gasteiger charge is 2.44. The quantitative estimate of drug-likeness (QED) is 0.0499. The third-order valence-corrected chi connectivity index (χ3v) is 24.8. The van der Waals surface area contributed by atoms with Crippen LogP contribution >= 0.6 is 57.5 Å². The second-order valence-corrected chi connectivity index (χ2v) is 33.8. The minimum absolute atomic E-state index is 0.0300. The predicted molar refractivity (Wildman–Crippen MR) is 442 cm³/mol. The van der Waals surface area contributed by atoms with E-state index in [2.05, 4.69) is 34.6 Å². The molecule has 0 amide bonds. The molecule has 10 rings (SSSR count). The number of thioether (sulfide) groups is 2. The minimum Gasteiger partial charge on any atom is -0.489 e. The molecule has 3 aromatic heterocycles. The molecule has 0 radical (unpaired) electrons. The van der Waals surface area contributed by atoms with Crippen LogP contribution < -0.4 is 37.5 Å². The minimum atomic E-state index is -0.926. The van der Waals surface area contributed by atoms with Gasteiger partial charge in [-0.2, -0.15) is 0 Å². The lowest BCUT2D eigenvalue weighted by Gasteiger charge is -2.27. The van der Waals surface area contributed by atoms with E-state index in [1.54, 1.807) is 57.5 Å². The first-order valence-corrected chi connectivity index (χ1v) is 46.1. The number of fused-ring (bicyclic) bond motifs is 3. The molecular weight excluding hydrogens is 1630 g/mol. The van der Waals surface area contributed by atoms with E-state index < -0.39 is 48.0 Å². The molecule has 3 aromatic rings. The fourth-order valence-corrected chi connectivity index (χ4v) is 19.4. The summed E-state index contributed by atoms with van der Waals surface area (Å²) < 4.78 is 180. The maximum absolute atomic E-state index is 11.1.